The lowest BCUT2D eigenvalue weighted by molar-refractivity contribution is 0.168. The van der Waals surface area contributed by atoms with Gasteiger partial charge < -0.3 is 14.6 Å². The Kier molecular flexibility index (Phi) is 5.64. The smallest absolute Gasteiger partial charge is 0.118 e. The lowest BCUT2D eigenvalue weighted by Crippen LogP contribution is -2.35. The van der Waals surface area contributed by atoms with E-state index in [0.717, 1.165) is 30.5 Å². The summed E-state index contributed by atoms with van der Waals surface area (Å²) in [6.45, 7) is 7.50. The SMILES string of the molecule is CNCc1cc(CN(C)CC2CCN(C)CC2)oc1C. The predicted octanol–water partition coefficient (Wildman–Crippen LogP) is 2.08. The highest BCUT2D eigenvalue weighted by atomic mass is 16.3. The number of nitrogens with zero attached hydrogens (tertiary/aromatic N) is 2. The largest absolute Gasteiger partial charge is 0.465 e. The fraction of sp³-hybridized carbons (Fsp3) is 0.750. The number of hydrogen-bond donors (Lipinski definition) is 1. The van der Waals surface area contributed by atoms with Gasteiger partial charge in [-0.3, -0.25) is 4.90 Å². The molecule has 0 amide bonds. The summed E-state index contributed by atoms with van der Waals surface area (Å²) in [5, 5.41) is 3.18. The zero-order chi connectivity index (χ0) is 14.5. The number of likely N-dealkylation sites (tertiary alicyclic amines) is 1. The summed E-state index contributed by atoms with van der Waals surface area (Å²) in [5.74, 6) is 2.97. The maximum Gasteiger partial charge on any atom is 0.118 e. The second kappa shape index (κ2) is 7.25. The van der Waals surface area contributed by atoms with Crippen LogP contribution in [0.2, 0.25) is 0 Å². The van der Waals surface area contributed by atoms with Gasteiger partial charge in [-0.1, -0.05) is 0 Å². The monoisotopic (exact) mass is 279 g/mol. The molecule has 1 aliphatic rings. The molecular weight excluding hydrogens is 250 g/mol. The molecule has 4 nitrogen and oxygen atoms in total. The number of furan rings is 1. The molecule has 1 saturated heterocycles. The second-order valence-corrected chi connectivity index (χ2v) is 6.27. The number of nitrogens with one attached hydrogen (secondary N) is 1. The van der Waals surface area contributed by atoms with Crippen molar-refractivity contribution in [1.82, 2.24) is 15.1 Å². The zero-order valence-electron chi connectivity index (χ0n) is 13.4. The Labute approximate surface area is 123 Å². The highest BCUT2D eigenvalue weighted by Gasteiger charge is 2.18. The van der Waals surface area contributed by atoms with E-state index in [0.29, 0.717) is 0 Å². The molecule has 1 aliphatic heterocycles. The van der Waals surface area contributed by atoms with Gasteiger partial charge >= 0.3 is 0 Å². The van der Waals surface area contributed by atoms with E-state index < -0.39 is 0 Å². The first kappa shape index (κ1) is 15.5. The van der Waals surface area contributed by atoms with Gasteiger partial charge in [-0.15, -0.1) is 0 Å². The van der Waals surface area contributed by atoms with Crippen molar-refractivity contribution in [3.05, 3.63) is 23.2 Å². The third kappa shape index (κ3) is 4.33. The molecule has 0 unspecified atom stereocenters. The van der Waals surface area contributed by atoms with Gasteiger partial charge in [0.15, 0.2) is 0 Å². The molecule has 0 bridgehead atoms. The number of rotatable bonds is 6. The van der Waals surface area contributed by atoms with Crippen LogP contribution in [-0.4, -0.2) is 50.6 Å². The molecule has 1 fully saturated rings. The minimum atomic E-state index is 0.837. The summed E-state index contributed by atoms with van der Waals surface area (Å²) < 4.78 is 5.85. The summed E-state index contributed by atoms with van der Waals surface area (Å²) in [4.78, 5) is 4.83. The maximum atomic E-state index is 5.85. The first-order valence-corrected chi connectivity index (χ1v) is 7.68. The molecule has 114 valence electrons. The quantitative estimate of drug-likeness (QED) is 0.864. The van der Waals surface area contributed by atoms with Crippen molar-refractivity contribution in [1.29, 1.82) is 0 Å². The van der Waals surface area contributed by atoms with E-state index in [-0.39, 0.29) is 0 Å². The Bertz CT molecular complexity index is 408. The van der Waals surface area contributed by atoms with Gasteiger partial charge in [-0.05, 0) is 66.0 Å². The number of piperidine rings is 1. The molecule has 1 aromatic rings. The molecule has 20 heavy (non-hydrogen) atoms. The molecule has 0 radical (unpaired) electrons. The van der Waals surface area contributed by atoms with Crippen LogP contribution in [0, 0.1) is 12.8 Å². The molecule has 0 saturated carbocycles. The number of hydrogen-bond acceptors (Lipinski definition) is 4. The van der Waals surface area contributed by atoms with Crippen LogP contribution in [0.1, 0.15) is 29.9 Å². The Balaban J connectivity index is 1.81. The van der Waals surface area contributed by atoms with E-state index in [1.54, 1.807) is 0 Å². The van der Waals surface area contributed by atoms with E-state index in [1.807, 2.05) is 14.0 Å². The molecule has 0 aliphatic carbocycles. The Morgan fingerprint density at radius 1 is 1.40 bits per heavy atom. The Hall–Kier alpha value is -0.840. The van der Waals surface area contributed by atoms with Crippen LogP contribution in [-0.2, 0) is 13.1 Å². The first-order chi connectivity index (χ1) is 9.58. The van der Waals surface area contributed by atoms with Gasteiger partial charge in [0.25, 0.3) is 0 Å². The highest BCUT2D eigenvalue weighted by molar-refractivity contribution is 5.20. The second-order valence-electron chi connectivity index (χ2n) is 6.27. The topological polar surface area (TPSA) is 31.6 Å². The molecule has 1 N–H and O–H groups in total. The van der Waals surface area contributed by atoms with Gasteiger partial charge in [0.05, 0.1) is 6.54 Å². The van der Waals surface area contributed by atoms with E-state index in [1.165, 1.54) is 38.0 Å². The average molecular weight is 279 g/mol. The molecule has 2 rings (SSSR count). The molecule has 2 heterocycles. The predicted molar refractivity (Wildman–Crippen MR) is 82.8 cm³/mol. The summed E-state index contributed by atoms with van der Waals surface area (Å²) >= 11 is 0. The molecule has 1 aromatic heterocycles. The molecule has 0 aromatic carbocycles. The fourth-order valence-corrected chi connectivity index (χ4v) is 3.05. The number of aryl methyl sites for hydroxylation is 1. The van der Waals surface area contributed by atoms with Crippen LogP contribution in [0.3, 0.4) is 0 Å². The standard InChI is InChI=1S/C16H29N3O/c1-13-15(10-17-2)9-16(20-13)12-19(4)11-14-5-7-18(3)8-6-14/h9,14,17H,5-8,10-12H2,1-4H3. The van der Waals surface area contributed by atoms with Gasteiger partial charge in [0.2, 0.25) is 0 Å². The Morgan fingerprint density at radius 3 is 2.75 bits per heavy atom. The lowest BCUT2D eigenvalue weighted by atomic mass is 9.97. The summed E-state index contributed by atoms with van der Waals surface area (Å²) in [5.41, 5.74) is 1.27. The van der Waals surface area contributed by atoms with Gasteiger partial charge in [0.1, 0.15) is 11.5 Å². The van der Waals surface area contributed by atoms with Gasteiger partial charge in [-0.2, -0.15) is 0 Å². The van der Waals surface area contributed by atoms with E-state index in [9.17, 15) is 0 Å². The summed E-state index contributed by atoms with van der Waals surface area (Å²) in [7, 11) is 6.39. The van der Waals surface area contributed by atoms with Crippen LogP contribution < -0.4 is 5.32 Å². The molecular formula is C16H29N3O. The van der Waals surface area contributed by atoms with Crippen molar-refractivity contribution in [2.75, 3.05) is 40.8 Å². The van der Waals surface area contributed by atoms with Crippen molar-refractivity contribution in [3.63, 3.8) is 0 Å². The maximum absolute atomic E-state index is 5.85. The summed E-state index contributed by atoms with van der Waals surface area (Å²) in [6.07, 6.45) is 2.64. The fourth-order valence-electron chi connectivity index (χ4n) is 3.05. The lowest BCUT2D eigenvalue weighted by Gasteiger charge is -2.31. The first-order valence-electron chi connectivity index (χ1n) is 7.68. The van der Waals surface area contributed by atoms with Crippen LogP contribution in [0.5, 0.6) is 0 Å². The molecule has 4 heteroatoms. The van der Waals surface area contributed by atoms with E-state index in [2.05, 4.69) is 35.3 Å². The van der Waals surface area contributed by atoms with E-state index >= 15 is 0 Å². The van der Waals surface area contributed by atoms with Crippen LogP contribution in [0.4, 0.5) is 0 Å². The van der Waals surface area contributed by atoms with Crippen molar-refractivity contribution in [2.45, 2.75) is 32.9 Å². The van der Waals surface area contributed by atoms with Crippen LogP contribution in [0.25, 0.3) is 0 Å². The minimum Gasteiger partial charge on any atom is -0.465 e. The summed E-state index contributed by atoms with van der Waals surface area (Å²) in [6, 6.07) is 2.19. The third-order valence-corrected chi connectivity index (χ3v) is 4.27. The highest BCUT2D eigenvalue weighted by Crippen LogP contribution is 2.19. The zero-order valence-corrected chi connectivity index (χ0v) is 13.4. The Morgan fingerprint density at radius 2 is 2.10 bits per heavy atom. The normalized spacial score (nSPS) is 18.1. The van der Waals surface area contributed by atoms with Gasteiger partial charge in [-0.25, -0.2) is 0 Å². The van der Waals surface area contributed by atoms with Crippen molar-refractivity contribution in [2.24, 2.45) is 5.92 Å². The average Bonchev–Trinajstić information content (AvgIpc) is 2.73. The molecule has 0 atom stereocenters. The van der Waals surface area contributed by atoms with Gasteiger partial charge in [0, 0.05) is 18.7 Å². The van der Waals surface area contributed by atoms with Crippen LogP contribution >= 0.6 is 0 Å². The van der Waals surface area contributed by atoms with Crippen molar-refractivity contribution < 1.29 is 4.42 Å². The van der Waals surface area contributed by atoms with Crippen LogP contribution in [0.15, 0.2) is 10.5 Å². The van der Waals surface area contributed by atoms with E-state index in [4.69, 9.17) is 4.42 Å². The molecule has 0 spiro atoms. The van der Waals surface area contributed by atoms with Crippen molar-refractivity contribution in [3.8, 4) is 0 Å². The third-order valence-electron chi connectivity index (χ3n) is 4.27. The minimum absolute atomic E-state index is 0.837. The van der Waals surface area contributed by atoms with Crippen molar-refractivity contribution >= 4 is 0 Å².